The van der Waals surface area contributed by atoms with Gasteiger partial charge in [0.1, 0.15) is 4.34 Å². The number of thioether (sulfide) groups is 1. The Morgan fingerprint density at radius 2 is 2.08 bits per heavy atom. The van der Waals surface area contributed by atoms with Gasteiger partial charge in [0.15, 0.2) is 0 Å². The van der Waals surface area contributed by atoms with E-state index in [-0.39, 0.29) is 5.91 Å². The Labute approximate surface area is 166 Å². The van der Waals surface area contributed by atoms with Gasteiger partial charge in [-0.2, -0.15) is 0 Å². The minimum Gasteiger partial charge on any atom is -0.353 e. The fraction of sp³-hybridized carbons (Fsp3) is 0.444. The summed E-state index contributed by atoms with van der Waals surface area (Å²) in [5.74, 6) is 0.812. The fourth-order valence-electron chi connectivity index (χ4n) is 2.90. The molecule has 0 bridgehead atoms. The molecule has 3 nitrogen and oxygen atoms in total. The summed E-state index contributed by atoms with van der Waals surface area (Å²) in [6.07, 6.45) is 6.29. The molecule has 1 aromatic heterocycles. The maximum atomic E-state index is 12.2. The number of rotatable bonds is 6. The molecule has 1 heterocycles. The van der Waals surface area contributed by atoms with Crippen LogP contribution in [-0.4, -0.2) is 16.9 Å². The van der Waals surface area contributed by atoms with Crippen molar-refractivity contribution in [1.29, 1.82) is 0 Å². The van der Waals surface area contributed by atoms with Crippen LogP contribution < -0.4 is 5.32 Å². The molecule has 1 aromatic carbocycles. The molecule has 1 amide bonds. The fourth-order valence-corrected chi connectivity index (χ4v) is 5.31. The summed E-state index contributed by atoms with van der Waals surface area (Å²) >= 11 is 15.3. The van der Waals surface area contributed by atoms with Crippen LogP contribution in [0.3, 0.4) is 0 Å². The van der Waals surface area contributed by atoms with Crippen molar-refractivity contribution in [3.63, 3.8) is 0 Å². The summed E-state index contributed by atoms with van der Waals surface area (Å²) < 4.78 is 0.950. The lowest BCUT2D eigenvalue weighted by Gasteiger charge is -2.22. The van der Waals surface area contributed by atoms with Gasteiger partial charge >= 0.3 is 0 Å². The van der Waals surface area contributed by atoms with Gasteiger partial charge in [0, 0.05) is 27.2 Å². The highest BCUT2D eigenvalue weighted by molar-refractivity contribution is 8.00. The highest BCUT2D eigenvalue weighted by Crippen LogP contribution is 2.30. The molecule has 1 aliphatic rings. The van der Waals surface area contributed by atoms with Crippen LogP contribution in [0.1, 0.15) is 43.4 Å². The number of nitrogens with zero attached hydrogens (tertiary/aromatic N) is 1. The SMILES string of the molecule is O=C(Cc1csc(SCc2ccc(Cl)cc2Cl)n1)NC1CCCCC1. The van der Waals surface area contributed by atoms with Gasteiger partial charge in [-0.3, -0.25) is 4.79 Å². The van der Waals surface area contributed by atoms with Crippen molar-refractivity contribution >= 4 is 52.2 Å². The van der Waals surface area contributed by atoms with Crippen LogP contribution in [0.25, 0.3) is 0 Å². The van der Waals surface area contributed by atoms with Gasteiger partial charge in [-0.05, 0) is 30.5 Å². The first-order valence-corrected chi connectivity index (χ1v) is 11.0. The molecule has 0 unspecified atom stereocenters. The summed E-state index contributed by atoms with van der Waals surface area (Å²) in [5, 5.41) is 6.41. The highest BCUT2D eigenvalue weighted by Gasteiger charge is 2.16. The van der Waals surface area contributed by atoms with Crippen molar-refractivity contribution in [1.82, 2.24) is 10.3 Å². The molecule has 0 spiro atoms. The largest absolute Gasteiger partial charge is 0.353 e. The predicted octanol–water partition coefficient (Wildman–Crippen LogP) is 5.73. The van der Waals surface area contributed by atoms with E-state index in [1.807, 2.05) is 17.5 Å². The van der Waals surface area contributed by atoms with Crippen LogP contribution in [-0.2, 0) is 17.0 Å². The van der Waals surface area contributed by atoms with Gasteiger partial charge in [0.25, 0.3) is 0 Å². The number of amides is 1. The molecule has 0 radical (unpaired) electrons. The Balaban J connectivity index is 1.49. The van der Waals surface area contributed by atoms with E-state index in [0.717, 1.165) is 34.2 Å². The number of aromatic nitrogens is 1. The van der Waals surface area contributed by atoms with Crippen molar-refractivity contribution in [2.45, 2.75) is 54.7 Å². The molecule has 0 atom stereocenters. The summed E-state index contributed by atoms with van der Waals surface area (Å²) in [6.45, 7) is 0. The Morgan fingerprint density at radius 1 is 1.28 bits per heavy atom. The standard InChI is InChI=1S/C18H20Cl2N2OS2/c19-13-7-6-12(16(20)8-13)10-24-18-22-15(11-25-18)9-17(23)21-14-4-2-1-3-5-14/h6-8,11,14H,1-5,9-10H2,(H,21,23). The third-order valence-corrected chi connectivity index (χ3v) is 6.91. The lowest BCUT2D eigenvalue weighted by Crippen LogP contribution is -2.37. The van der Waals surface area contributed by atoms with E-state index in [2.05, 4.69) is 10.3 Å². The van der Waals surface area contributed by atoms with Crippen molar-refractivity contribution in [2.75, 3.05) is 0 Å². The molecular weight excluding hydrogens is 395 g/mol. The molecule has 0 saturated heterocycles. The van der Waals surface area contributed by atoms with Crippen molar-refractivity contribution < 1.29 is 4.79 Å². The third kappa shape index (κ3) is 5.88. The van der Waals surface area contributed by atoms with Crippen LogP contribution in [0.15, 0.2) is 27.9 Å². The molecule has 3 rings (SSSR count). The minimum atomic E-state index is 0.0782. The van der Waals surface area contributed by atoms with Crippen LogP contribution in [0, 0.1) is 0 Å². The van der Waals surface area contributed by atoms with Crippen molar-refractivity contribution in [3.8, 4) is 0 Å². The Kier molecular flexibility index (Phi) is 7.05. The first-order chi connectivity index (χ1) is 12.1. The first kappa shape index (κ1) is 19.0. The predicted molar refractivity (Wildman–Crippen MR) is 107 cm³/mol. The topological polar surface area (TPSA) is 42.0 Å². The van der Waals surface area contributed by atoms with Gasteiger partial charge in [0.05, 0.1) is 12.1 Å². The first-order valence-electron chi connectivity index (χ1n) is 8.40. The second-order valence-electron chi connectivity index (χ2n) is 6.21. The number of thiazole rings is 1. The molecule has 1 aliphatic carbocycles. The van der Waals surface area contributed by atoms with Crippen LogP contribution >= 0.6 is 46.3 Å². The number of benzene rings is 1. The monoisotopic (exact) mass is 414 g/mol. The van der Waals surface area contributed by atoms with Crippen LogP contribution in [0.2, 0.25) is 10.0 Å². The molecule has 1 fully saturated rings. The quantitative estimate of drug-likeness (QED) is 0.613. The lowest BCUT2D eigenvalue weighted by atomic mass is 9.95. The van der Waals surface area contributed by atoms with Gasteiger partial charge < -0.3 is 5.32 Å². The number of halogens is 2. The van der Waals surface area contributed by atoms with Crippen molar-refractivity contribution in [2.24, 2.45) is 0 Å². The number of nitrogens with one attached hydrogen (secondary N) is 1. The zero-order valence-corrected chi connectivity index (χ0v) is 16.9. The maximum Gasteiger partial charge on any atom is 0.226 e. The van der Waals surface area contributed by atoms with Gasteiger partial charge in [-0.25, -0.2) is 4.98 Å². The Hall–Kier alpha value is -0.750. The summed E-state index contributed by atoms with van der Waals surface area (Å²) in [6, 6.07) is 5.87. The minimum absolute atomic E-state index is 0.0782. The third-order valence-electron chi connectivity index (χ3n) is 4.21. The second-order valence-corrected chi connectivity index (χ2v) is 9.13. The van der Waals surface area contributed by atoms with Gasteiger partial charge in [0.2, 0.25) is 5.91 Å². The zero-order valence-electron chi connectivity index (χ0n) is 13.8. The normalized spacial score (nSPS) is 15.3. The molecule has 7 heteroatoms. The molecule has 1 N–H and O–H groups in total. The zero-order chi connectivity index (χ0) is 17.6. The number of carbonyl (C=O) groups is 1. The van der Waals surface area contributed by atoms with Crippen LogP contribution in [0.4, 0.5) is 0 Å². The molecule has 0 aliphatic heterocycles. The van der Waals surface area contributed by atoms with Crippen LogP contribution in [0.5, 0.6) is 0 Å². The average Bonchev–Trinajstić information content (AvgIpc) is 3.02. The Morgan fingerprint density at radius 3 is 2.84 bits per heavy atom. The van der Waals surface area contributed by atoms with E-state index in [9.17, 15) is 4.79 Å². The van der Waals surface area contributed by atoms with E-state index in [0.29, 0.717) is 22.5 Å². The number of hydrogen-bond donors (Lipinski definition) is 1. The van der Waals surface area contributed by atoms with E-state index in [4.69, 9.17) is 23.2 Å². The molecule has 134 valence electrons. The van der Waals surface area contributed by atoms with E-state index in [1.54, 1.807) is 29.2 Å². The van der Waals surface area contributed by atoms with Crippen molar-refractivity contribution in [3.05, 3.63) is 44.9 Å². The number of hydrogen-bond acceptors (Lipinski definition) is 4. The lowest BCUT2D eigenvalue weighted by molar-refractivity contribution is -0.121. The highest BCUT2D eigenvalue weighted by atomic mass is 35.5. The molecule has 25 heavy (non-hydrogen) atoms. The molecular formula is C18H20Cl2N2OS2. The molecule has 1 saturated carbocycles. The summed E-state index contributed by atoms with van der Waals surface area (Å²) in [7, 11) is 0. The van der Waals surface area contributed by atoms with E-state index < -0.39 is 0 Å². The average molecular weight is 415 g/mol. The maximum absolute atomic E-state index is 12.2. The molecule has 2 aromatic rings. The van der Waals surface area contributed by atoms with E-state index in [1.165, 1.54) is 19.3 Å². The summed E-state index contributed by atoms with van der Waals surface area (Å²) in [4.78, 5) is 16.7. The summed E-state index contributed by atoms with van der Waals surface area (Å²) in [5.41, 5.74) is 1.87. The Bertz CT molecular complexity index is 730. The van der Waals surface area contributed by atoms with E-state index >= 15 is 0 Å². The number of carbonyl (C=O) groups excluding carboxylic acids is 1. The second kappa shape index (κ2) is 9.26. The van der Waals surface area contributed by atoms with Gasteiger partial charge in [-0.15, -0.1) is 11.3 Å². The smallest absolute Gasteiger partial charge is 0.226 e. The van der Waals surface area contributed by atoms with Gasteiger partial charge in [-0.1, -0.05) is 60.3 Å².